The Morgan fingerprint density at radius 3 is 2.39 bits per heavy atom. The van der Waals surface area contributed by atoms with E-state index in [-0.39, 0.29) is 5.92 Å². The van der Waals surface area contributed by atoms with E-state index in [1.807, 2.05) is 6.92 Å². The highest BCUT2D eigenvalue weighted by molar-refractivity contribution is 7.86. The van der Waals surface area contributed by atoms with Crippen molar-refractivity contribution in [2.75, 3.05) is 19.6 Å². The van der Waals surface area contributed by atoms with Gasteiger partial charge in [-0.1, -0.05) is 6.92 Å². The van der Waals surface area contributed by atoms with Gasteiger partial charge in [-0.15, -0.1) is 0 Å². The predicted octanol–water partition coefficient (Wildman–Crippen LogP) is 0.512. The largest absolute Gasteiger partial charge is 0.480 e. The Morgan fingerprint density at radius 2 is 1.83 bits per heavy atom. The molecule has 2 saturated heterocycles. The van der Waals surface area contributed by atoms with E-state index in [1.165, 1.54) is 8.61 Å². The van der Waals surface area contributed by atoms with E-state index in [4.69, 9.17) is 0 Å². The van der Waals surface area contributed by atoms with E-state index in [0.717, 1.165) is 19.3 Å². The molecule has 2 rings (SSSR count). The summed E-state index contributed by atoms with van der Waals surface area (Å²) < 4.78 is 27.4. The highest BCUT2D eigenvalue weighted by Crippen LogP contribution is 2.28. The predicted molar refractivity (Wildman–Crippen MR) is 66.3 cm³/mol. The number of carbonyl (C=O) groups is 1. The molecule has 0 aliphatic carbocycles. The van der Waals surface area contributed by atoms with Gasteiger partial charge in [0.05, 0.1) is 0 Å². The van der Waals surface area contributed by atoms with Gasteiger partial charge in [0.25, 0.3) is 10.2 Å². The Kier molecular flexibility index (Phi) is 3.93. The molecule has 2 unspecified atom stereocenters. The number of carboxylic acid groups (broad SMARTS) is 1. The molecule has 2 heterocycles. The van der Waals surface area contributed by atoms with Gasteiger partial charge in [0, 0.05) is 19.6 Å². The normalized spacial score (nSPS) is 31.6. The zero-order chi connectivity index (χ0) is 13.3. The van der Waals surface area contributed by atoms with Crippen LogP contribution in [0.25, 0.3) is 0 Å². The van der Waals surface area contributed by atoms with Crippen LogP contribution in [0.1, 0.15) is 32.6 Å². The van der Waals surface area contributed by atoms with Gasteiger partial charge in [-0.2, -0.15) is 17.0 Å². The number of hydrogen-bond donors (Lipinski definition) is 1. The van der Waals surface area contributed by atoms with Crippen LogP contribution in [0.5, 0.6) is 0 Å². The fourth-order valence-electron chi connectivity index (χ4n) is 2.69. The van der Waals surface area contributed by atoms with E-state index < -0.39 is 22.2 Å². The van der Waals surface area contributed by atoms with Gasteiger partial charge >= 0.3 is 5.97 Å². The van der Waals surface area contributed by atoms with Crippen LogP contribution in [0.3, 0.4) is 0 Å². The Bertz CT molecular complexity index is 417. The van der Waals surface area contributed by atoms with Gasteiger partial charge in [-0.3, -0.25) is 4.79 Å². The molecule has 0 aromatic carbocycles. The molecule has 2 fully saturated rings. The number of aliphatic carboxylic acids is 1. The van der Waals surface area contributed by atoms with Crippen molar-refractivity contribution in [3.8, 4) is 0 Å². The lowest BCUT2D eigenvalue weighted by atomic mass is 9.94. The second kappa shape index (κ2) is 5.14. The van der Waals surface area contributed by atoms with E-state index >= 15 is 0 Å². The molecular weight excluding hydrogens is 256 g/mol. The van der Waals surface area contributed by atoms with E-state index in [2.05, 4.69) is 0 Å². The minimum absolute atomic E-state index is 0.260. The van der Waals surface area contributed by atoms with Crippen LogP contribution in [0.15, 0.2) is 0 Å². The second-order valence-electron chi connectivity index (χ2n) is 5.21. The molecule has 18 heavy (non-hydrogen) atoms. The molecule has 2 aliphatic rings. The average molecular weight is 276 g/mol. The van der Waals surface area contributed by atoms with Crippen molar-refractivity contribution in [2.24, 2.45) is 5.92 Å². The maximum atomic E-state index is 12.4. The van der Waals surface area contributed by atoms with Crippen LogP contribution in [-0.2, 0) is 15.0 Å². The van der Waals surface area contributed by atoms with Crippen LogP contribution in [-0.4, -0.2) is 53.8 Å². The number of piperidine rings is 1. The molecule has 1 N–H and O–H groups in total. The first-order chi connectivity index (χ1) is 8.43. The fourth-order valence-corrected chi connectivity index (χ4v) is 4.54. The third-order valence-electron chi connectivity index (χ3n) is 3.79. The summed E-state index contributed by atoms with van der Waals surface area (Å²) in [7, 11) is -3.59. The van der Waals surface area contributed by atoms with Crippen molar-refractivity contribution in [1.82, 2.24) is 8.61 Å². The third kappa shape index (κ3) is 2.53. The minimum atomic E-state index is -3.59. The van der Waals surface area contributed by atoms with Gasteiger partial charge in [-0.05, 0) is 31.6 Å². The maximum Gasteiger partial charge on any atom is 0.322 e. The van der Waals surface area contributed by atoms with Gasteiger partial charge in [-0.25, -0.2) is 0 Å². The molecule has 0 aromatic heterocycles. The smallest absolute Gasteiger partial charge is 0.322 e. The maximum absolute atomic E-state index is 12.4. The molecule has 0 bridgehead atoms. The van der Waals surface area contributed by atoms with Crippen LogP contribution in [0.2, 0.25) is 0 Å². The lowest BCUT2D eigenvalue weighted by Gasteiger charge is -2.36. The van der Waals surface area contributed by atoms with Crippen molar-refractivity contribution >= 4 is 16.2 Å². The SMILES string of the molecule is CC1CCN(S(=O)(=O)N2CCCC2)C(C(=O)O)C1. The number of hydrogen-bond acceptors (Lipinski definition) is 3. The van der Waals surface area contributed by atoms with Crippen LogP contribution in [0, 0.1) is 5.92 Å². The third-order valence-corrected chi connectivity index (χ3v) is 5.84. The Morgan fingerprint density at radius 1 is 1.22 bits per heavy atom. The van der Waals surface area contributed by atoms with Crippen LogP contribution < -0.4 is 0 Å². The van der Waals surface area contributed by atoms with Gasteiger partial charge in [0.15, 0.2) is 0 Å². The summed E-state index contributed by atoms with van der Waals surface area (Å²) >= 11 is 0. The number of nitrogens with zero attached hydrogens (tertiary/aromatic N) is 2. The number of carboxylic acids is 1. The molecule has 0 radical (unpaired) electrons. The van der Waals surface area contributed by atoms with E-state index in [9.17, 15) is 18.3 Å². The number of rotatable bonds is 3. The summed E-state index contributed by atoms with van der Waals surface area (Å²) in [6, 6.07) is -0.903. The molecule has 2 aliphatic heterocycles. The molecule has 7 heteroatoms. The molecule has 0 aromatic rings. The minimum Gasteiger partial charge on any atom is -0.480 e. The summed E-state index contributed by atoms with van der Waals surface area (Å²) in [6.07, 6.45) is 2.86. The van der Waals surface area contributed by atoms with Crippen LogP contribution in [0.4, 0.5) is 0 Å². The van der Waals surface area contributed by atoms with Gasteiger partial charge in [0.1, 0.15) is 6.04 Å². The summed E-state index contributed by atoms with van der Waals surface area (Å²) in [6.45, 7) is 3.31. The molecule has 2 atom stereocenters. The standard InChI is InChI=1S/C11H20N2O4S/c1-9-4-7-13(10(8-9)11(14)15)18(16,17)12-5-2-3-6-12/h9-10H,2-8H2,1H3,(H,14,15). The highest BCUT2D eigenvalue weighted by Gasteiger charge is 2.42. The van der Waals surface area contributed by atoms with Crippen molar-refractivity contribution in [2.45, 2.75) is 38.6 Å². The summed E-state index contributed by atoms with van der Waals surface area (Å²) in [4.78, 5) is 11.2. The topological polar surface area (TPSA) is 77.9 Å². The fraction of sp³-hybridized carbons (Fsp3) is 0.909. The van der Waals surface area contributed by atoms with Gasteiger partial charge in [0.2, 0.25) is 0 Å². The van der Waals surface area contributed by atoms with Crippen molar-refractivity contribution in [3.63, 3.8) is 0 Å². The monoisotopic (exact) mass is 276 g/mol. The Hall–Kier alpha value is -0.660. The average Bonchev–Trinajstić information content (AvgIpc) is 2.82. The van der Waals surface area contributed by atoms with Crippen molar-refractivity contribution in [3.05, 3.63) is 0 Å². The van der Waals surface area contributed by atoms with Crippen LogP contribution >= 0.6 is 0 Å². The zero-order valence-corrected chi connectivity index (χ0v) is 11.4. The molecular formula is C11H20N2O4S. The molecule has 104 valence electrons. The molecule has 0 spiro atoms. The van der Waals surface area contributed by atoms with E-state index in [0.29, 0.717) is 26.1 Å². The first-order valence-electron chi connectivity index (χ1n) is 6.42. The van der Waals surface area contributed by atoms with E-state index in [1.54, 1.807) is 0 Å². The molecule has 0 saturated carbocycles. The summed E-state index contributed by atoms with van der Waals surface area (Å²) in [5.41, 5.74) is 0. The van der Waals surface area contributed by atoms with Crippen molar-refractivity contribution < 1.29 is 18.3 Å². The summed E-state index contributed by atoms with van der Waals surface area (Å²) in [5, 5.41) is 9.21. The summed E-state index contributed by atoms with van der Waals surface area (Å²) in [5.74, 6) is -0.777. The zero-order valence-electron chi connectivity index (χ0n) is 10.6. The lowest BCUT2D eigenvalue weighted by molar-refractivity contribution is -0.143. The highest BCUT2D eigenvalue weighted by atomic mass is 32.2. The molecule has 6 nitrogen and oxygen atoms in total. The second-order valence-corrected chi connectivity index (χ2v) is 7.09. The molecule has 0 amide bonds. The Labute approximate surface area is 108 Å². The Balaban J connectivity index is 2.21. The van der Waals surface area contributed by atoms with Crippen molar-refractivity contribution in [1.29, 1.82) is 0 Å². The quantitative estimate of drug-likeness (QED) is 0.815. The van der Waals surface area contributed by atoms with Gasteiger partial charge < -0.3 is 5.11 Å². The lowest BCUT2D eigenvalue weighted by Crippen LogP contribution is -2.54. The first-order valence-corrected chi connectivity index (χ1v) is 7.82. The first kappa shape index (κ1) is 13.8.